The SMILES string of the molecule is c1cc2ccc(-c3ccc4c(c3)nc3n4CCCN4CCCC[C@@H]4C3)cn2c1. The molecule has 2 aliphatic heterocycles. The van der Waals surface area contributed by atoms with Gasteiger partial charge in [0.1, 0.15) is 5.82 Å². The maximum absolute atomic E-state index is 5.11. The Bertz CT molecular complexity index is 1150. The number of benzene rings is 1. The standard InChI is InChI=1S/C24H26N4/c1-2-11-26-13-4-14-28-23-10-8-18(15-22(23)25-24(28)16-21(26)5-1)19-7-9-20-6-3-12-27(20)17-19/h3,6-10,12,15,17,21H,1-2,4-5,11,13-14,16H2/t21-/m1/s1. The number of hydrogen-bond acceptors (Lipinski definition) is 2. The summed E-state index contributed by atoms with van der Waals surface area (Å²) < 4.78 is 4.67. The zero-order valence-corrected chi connectivity index (χ0v) is 16.2. The van der Waals surface area contributed by atoms with Crippen LogP contribution >= 0.6 is 0 Å². The van der Waals surface area contributed by atoms with Gasteiger partial charge in [-0.05, 0) is 67.3 Å². The van der Waals surface area contributed by atoms with E-state index in [9.17, 15) is 0 Å². The normalized spacial score (nSPS) is 20.6. The fourth-order valence-electron chi connectivity index (χ4n) is 5.20. The van der Waals surface area contributed by atoms with Crippen LogP contribution in [-0.2, 0) is 13.0 Å². The number of pyridine rings is 1. The van der Waals surface area contributed by atoms with E-state index in [1.54, 1.807) is 0 Å². The van der Waals surface area contributed by atoms with Crippen LogP contribution in [0.5, 0.6) is 0 Å². The van der Waals surface area contributed by atoms with Crippen molar-refractivity contribution in [2.75, 3.05) is 13.1 Å². The first-order chi connectivity index (χ1) is 13.8. The number of nitrogens with zero attached hydrogens (tertiary/aromatic N) is 4. The van der Waals surface area contributed by atoms with Crippen molar-refractivity contribution in [3.8, 4) is 11.1 Å². The topological polar surface area (TPSA) is 25.5 Å². The molecule has 142 valence electrons. The molecule has 0 amide bonds. The number of hydrogen-bond donors (Lipinski definition) is 0. The van der Waals surface area contributed by atoms with E-state index in [0.29, 0.717) is 6.04 Å². The van der Waals surface area contributed by atoms with E-state index in [1.165, 1.54) is 66.8 Å². The molecule has 4 nitrogen and oxygen atoms in total. The Labute approximate surface area is 165 Å². The zero-order chi connectivity index (χ0) is 18.5. The number of piperidine rings is 1. The maximum atomic E-state index is 5.11. The molecule has 1 fully saturated rings. The van der Waals surface area contributed by atoms with Gasteiger partial charge in [0, 0.05) is 43.5 Å². The molecule has 0 bridgehead atoms. The second-order valence-electron chi connectivity index (χ2n) is 8.38. The highest BCUT2D eigenvalue weighted by molar-refractivity contribution is 5.83. The van der Waals surface area contributed by atoms with Crippen molar-refractivity contribution in [2.24, 2.45) is 0 Å². The summed E-state index contributed by atoms with van der Waals surface area (Å²) in [5.74, 6) is 1.28. The van der Waals surface area contributed by atoms with Crippen molar-refractivity contribution in [1.82, 2.24) is 18.9 Å². The quantitative estimate of drug-likeness (QED) is 0.483. The molecule has 4 heteroatoms. The van der Waals surface area contributed by atoms with Crippen LogP contribution in [0.4, 0.5) is 0 Å². The van der Waals surface area contributed by atoms with Crippen LogP contribution in [0, 0.1) is 0 Å². The molecular weight excluding hydrogens is 344 g/mol. The third-order valence-electron chi connectivity index (χ3n) is 6.68. The molecule has 1 atom stereocenters. The van der Waals surface area contributed by atoms with E-state index in [1.807, 2.05) is 0 Å². The summed E-state index contributed by atoms with van der Waals surface area (Å²) in [4.78, 5) is 7.83. The molecule has 6 rings (SSSR count). The van der Waals surface area contributed by atoms with Crippen molar-refractivity contribution in [3.63, 3.8) is 0 Å². The molecular formula is C24H26N4. The van der Waals surface area contributed by atoms with Crippen molar-refractivity contribution >= 4 is 16.6 Å². The highest BCUT2D eigenvalue weighted by Crippen LogP contribution is 2.29. The molecule has 5 heterocycles. The third kappa shape index (κ3) is 2.67. The summed E-state index contributed by atoms with van der Waals surface area (Å²) in [6.07, 6.45) is 10.7. The molecule has 0 aliphatic carbocycles. The van der Waals surface area contributed by atoms with Crippen molar-refractivity contribution in [2.45, 2.75) is 44.7 Å². The minimum Gasteiger partial charge on any atom is -0.328 e. The number of imidazole rings is 1. The Morgan fingerprint density at radius 3 is 2.82 bits per heavy atom. The first-order valence-electron chi connectivity index (χ1n) is 10.7. The van der Waals surface area contributed by atoms with Crippen LogP contribution in [0.25, 0.3) is 27.7 Å². The fraction of sp³-hybridized carbons (Fsp3) is 0.375. The second kappa shape index (κ2) is 6.49. The monoisotopic (exact) mass is 370 g/mol. The number of fused-ring (bicyclic) bond motifs is 5. The van der Waals surface area contributed by atoms with Gasteiger partial charge in [0.2, 0.25) is 0 Å². The van der Waals surface area contributed by atoms with E-state index in [2.05, 4.69) is 68.7 Å². The number of aryl methyl sites for hydroxylation is 1. The van der Waals surface area contributed by atoms with Gasteiger partial charge in [0.15, 0.2) is 0 Å². The molecule has 28 heavy (non-hydrogen) atoms. The van der Waals surface area contributed by atoms with E-state index < -0.39 is 0 Å². The van der Waals surface area contributed by atoms with Gasteiger partial charge in [-0.3, -0.25) is 4.90 Å². The first-order valence-corrected chi connectivity index (χ1v) is 10.7. The van der Waals surface area contributed by atoms with Crippen molar-refractivity contribution in [1.29, 1.82) is 0 Å². The van der Waals surface area contributed by atoms with E-state index in [-0.39, 0.29) is 0 Å². The lowest BCUT2D eigenvalue weighted by Gasteiger charge is -2.37. The van der Waals surface area contributed by atoms with Crippen LogP contribution in [0.1, 0.15) is 31.5 Å². The van der Waals surface area contributed by atoms with E-state index in [0.717, 1.165) is 18.5 Å². The average molecular weight is 371 g/mol. The van der Waals surface area contributed by atoms with Gasteiger partial charge in [0.05, 0.1) is 11.0 Å². The predicted octanol–water partition coefficient (Wildman–Crippen LogP) is 4.76. The third-order valence-corrected chi connectivity index (χ3v) is 6.68. The molecule has 0 spiro atoms. The lowest BCUT2D eigenvalue weighted by molar-refractivity contribution is 0.135. The van der Waals surface area contributed by atoms with Gasteiger partial charge < -0.3 is 8.97 Å². The first kappa shape index (κ1) is 16.4. The van der Waals surface area contributed by atoms with Crippen molar-refractivity contribution < 1.29 is 0 Å². The van der Waals surface area contributed by atoms with Crippen LogP contribution in [-0.4, -0.2) is 38.0 Å². The minimum atomic E-state index is 0.681. The Kier molecular flexibility index (Phi) is 3.79. The van der Waals surface area contributed by atoms with Gasteiger partial charge in [-0.2, -0.15) is 0 Å². The summed E-state index contributed by atoms with van der Waals surface area (Å²) in [7, 11) is 0. The molecule has 1 saturated heterocycles. The highest BCUT2D eigenvalue weighted by atomic mass is 15.2. The summed E-state index contributed by atoms with van der Waals surface area (Å²) >= 11 is 0. The summed E-state index contributed by atoms with van der Waals surface area (Å²) in [6, 6.07) is 16.1. The number of aromatic nitrogens is 3. The zero-order valence-electron chi connectivity index (χ0n) is 16.2. The molecule has 3 aromatic heterocycles. The Morgan fingerprint density at radius 2 is 1.82 bits per heavy atom. The Balaban J connectivity index is 1.41. The minimum absolute atomic E-state index is 0.681. The molecule has 2 aliphatic rings. The van der Waals surface area contributed by atoms with E-state index >= 15 is 0 Å². The van der Waals surface area contributed by atoms with Gasteiger partial charge in [-0.1, -0.05) is 18.6 Å². The fourth-order valence-corrected chi connectivity index (χ4v) is 5.20. The highest BCUT2D eigenvalue weighted by Gasteiger charge is 2.26. The molecule has 4 aromatic rings. The van der Waals surface area contributed by atoms with Crippen molar-refractivity contribution in [3.05, 3.63) is 60.7 Å². The molecule has 0 radical (unpaired) electrons. The lowest BCUT2D eigenvalue weighted by atomic mass is 9.98. The maximum Gasteiger partial charge on any atom is 0.111 e. The van der Waals surface area contributed by atoms with Crippen LogP contribution in [0.2, 0.25) is 0 Å². The summed E-state index contributed by atoms with van der Waals surface area (Å²) in [5.41, 5.74) is 6.15. The van der Waals surface area contributed by atoms with E-state index in [4.69, 9.17) is 4.98 Å². The lowest BCUT2D eigenvalue weighted by Crippen LogP contribution is -2.43. The average Bonchev–Trinajstić information content (AvgIpc) is 3.30. The number of rotatable bonds is 1. The molecule has 1 aromatic carbocycles. The molecule has 0 unspecified atom stereocenters. The largest absolute Gasteiger partial charge is 0.328 e. The van der Waals surface area contributed by atoms with Gasteiger partial charge >= 0.3 is 0 Å². The Hall–Kier alpha value is -2.59. The molecule has 0 saturated carbocycles. The van der Waals surface area contributed by atoms with Gasteiger partial charge in [-0.15, -0.1) is 0 Å². The van der Waals surface area contributed by atoms with Gasteiger partial charge in [-0.25, -0.2) is 4.98 Å². The van der Waals surface area contributed by atoms with Gasteiger partial charge in [0.25, 0.3) is 0 Å². The van der Waals surface area contributed by atoms with Crippen LogP contribution < -0.4 is 0 Å². The Morgan fingerprint density at radius 1 is 0.893 bits per heavy atom. The summed E-state index contributed by atoms with van der Waals surface area (Å²) in [6.45, 7) is 3.60. The smallest absolute Gasteiger partial charge is 0.111 e. The second-order valence-corrected chi connectivity index (χ2v) is 8.38. The molecule has 0 N–H and O–H groups in total. The summed E-state index contributed by atoms with van der Waals surface area (Å²) in [5, 5.41) is 0. The van der Waals surface area contributed by atoms with Crippen LogP contribution in [0.3, 0.4) is 0 Å². The predicted molar refractivity (Wildman–Crippen MR) is 114 cm³/mol. The van der Waals surface area contributed by atoms with Crippen LogP contribution in [0.15, 0.2) is 54.9 Å².